The highest BCUT2D eigenvalue weighted by Crippen LogP contribution is 2.17. The average molecular weight is 363 g/mol. The van der Waals surface area contributed by atoms with Gasteiger partial charge in [0.1, 0.15) is 5.82 Å². The molecule has 5 nitrogen and oxygen atoms in total. The predicted molar refractivity (Wildman–Crippen MR) is 104 cm³/mol. The Morgan fingerprint density at radius 2 is 1.30 bits per heavy atom. The van der Waals surface area contributed by atoms with Gasteiger partial charge >= 0.3 is 6.03 Å². The number of hydrogen-bond donors (Lipinski definition) is 3. The van der Waals surface area contributed by atoms with E-state index in [-0.39, 0.29) is 12.3 Å². The standard InChI is InChI=1S/C21H18FN3O2/c22-19-12-5-4-7-15(19)13-20(26)23-17-10-6-11-18(14-17)25-21(27)24-16-8-2-1-3-9-16/h1-12,14H,13H2,(H,23,26)(H2,24,25,27). The number of para-hydroxylation sites is 1. The number of amides is 3. The summed E-state index contributed by atoms with van der Waals surface area (Å²) in [6.45, 7) is 0. The average Bonchev–Trinajstić information content (AvgIpc) is 2.64. The van der Waals surface area contributed by atoms with E-state index in [1.807, 2.05) is 18.2 Å². The molecule has 3 aromatic carbocycles. The van der Waals surface area contributed by atoms with Crippen molar-refractivity contribution in [2.45, 2.75) is 6.42 Å². The molecule has 0 atom stereocenters. The van der Waals surface area contributed by atoms with Gasteiger partial charge in [-0.3, -0.25) is 4.79 Å². The van der Waals surface area contributed by atoms with Crippen molar-refractivity contribution in [3.05, 3.63) is 90.2 Å². The van der Waals surface area contributed by atoms with Gasteiger partial charge in [-0.1, -0.05) is 42.5 Å². The second-order valence-electron chi connectivity index (χ2n) is 5.84. The van der Waals surface area contributed by atoms with Gasteiger partial charge in [0, 0.05) is 17.1 Å². The van der Waals surface area contributed by atoms with E-state index in [4.69, 9.17) is 0 Å². The summed E-state index contributed by atoms with van der Waals surface area (Å²) < 4.78 is 13.6. The third kappa shape index (κ3) is 5.40. The van der Waals surface area contributed by atoms with Crippen LogP contribution in [0.1, 0.15) is 5.56 Å². The summed E-state index contributed by atoms with van der Waals surface area (Å²) >= 11 is 0. The minimum Gasteiger partial charge on any atom is -0.326 e. The lowest BCUT2D eigenvalue weighted by Gasteiger charge is -2.10. The van der Waals surface area contributed by atoms with E-state index in [9.17, 15) is 14.0 Å². The van der Waals surface area contributed by atoms with Crippen molar-refractivity contribution in [2.75, 3.05) is 16.0 Å². The molecule has 0 saturated carbocycles. The third-order valence-electron chi connectivity index (χ3n) is 3.74. The Labute approximate surface area is 156 Å². The Bertz CT molecular complexity index is 945. The first-order valence-electron chi connectivity index (χ1n) is 8.36. The number of halogens is 1. The first kappa shape index (κ1) is 18.1. The van der Waals surface area contributed by atoms with Crippen molar-refractivity contribution in [2.24, 2.45) is 0 Å². The van der Waals surface area contributed by atoms with E-state index in [0.717, 1.165) is 0 Å². The maximum absolute atomic E-state index is 13.6. The van der Waals surface area contributed by atoms with Crippen LogP contribution in [0.3, 0.4) is 0 Å². The number of carbonyl (C=O) groups excluding carboxylic acids is 2. The van der Waals surface area contributed by atoms with Gasteiger partial charge in [0.15, 0.2) is 0 Å². The van der Waals surface area contributed by atoms with Gasteiger partial charge in [-0.05, 0) is 42.0 Å². The molecule has 0 saturated heterocycles. The topological polar surface area (TPSA) is 70.2 Å². The fourth-order valence-electron chi connectivity index (χ4n) is 2.51. The molecule has 0 aliphatic carbocycles. The number of carbonyl (C=O) groups is 2. The lowest BCUT2D eigenvalue weighted by atomic mass is 10.1. The van der Waals surface area contributed by atoms with Gasteiger partial charge in [0.25, 0.3) is 0 Å². The van der Waals surface area contributed by atoms with Crippen LogP contribution in [0.25, 0.3) is 0 Å². The fraction of sp³-hybridized carbons (Fsp3) is 0.0476. The number of hydrogen-bond acceptors (Lipinski definition) is 2. The molecule has 0 spiro atoms. The van der Waals surface area contributed by atoms with Crippen LogP contribution in [0.4, 0.5) is 26.2 Å². The van der Waals surface area contributed by atoms with Gasteiger partial charge in [-0.25, -0.2) is 9.18 Å². The van der Waals surface area contributed by atoms with E-state index >= 15 is 0 Å². The first-order chi connectivity index (χ1) is 13.1. The maximum atomic E-state index is 13.6. The summed E-state index contributed by atoms with van der Waals surface area (Å²) in [6.07, 6.45) is -0.0706. The van der Waals surface area contributed by atoms with Crippen molar-refractivity contribution in [1.82, 2.24) is 0 Å². The fourth-order valence-corrected chi connectivity index (χ4v) is 2.51. The molecule has 6 heteroatoms. The van der Waals surface area contributed by atoms with E-state index in [2.05, 4.69) is 16.0 Å². The molecule has 0 heterocycles. The van der Waals surface area contributed by atoms with E-state index in [1.165, 1.54) is 6.07 Å². The second kappa shape index (κ2) is 8.62. The zero-order valence-corrected chi connectivity index (χ0v) is 14.4. The van der Waals surface area contributed by atoms with Crippen LogP contribution in [0.5, 0.6) is 0 Å². The molecule has 3 rings (SSSR count). The van der Waals surface area contributed by atoms with Gasteiger partial charge in [0.05, 0.1) is 6.42 Å². The van der Waals surface area contributed by atoms with Gasteiger partial charge in [-0.15, -0.1) is 0 Å². The Morgan fingerprint density at radius 3 is 2.04 bits per heavy atom. The Hall–Kier alpha value is -3.67. The predicted octanol–water partition coefficient (Wildman–Crippen LogP) is 4.65. The lowest BCUT2D eigenvalue weighted by Crippen LogP contribution is -2.19. The minimum absolute atomic E-state index is 0.0706. The van der Waals surface area contributed by atoms with Crippen LogP contribution in [0.2, 0.25) is 0 Å². The summed E-state index contributed by atoms with van der Waals surface area (Å²) in [5.74, 6) is -0.758. The van der Waals surface area contributed by atoms with Crippen LogP contribution in [-0.4, -0.2) is 11.9 Å². The van der Waals surface area contributed by atoms with Crippen LogP contribution < -0.4 is 16.0 Å². The van der Waals surface area contributed by atoms with E-state index in [0.29, 0.717) is 22.6 Å². The van der Waals surface area contributed by atoms with Crippen molar-refractivity contribution in [3.8, 4) is 0 Å². The smallest absolute Gasteiger partial charge is 0.323 e. The number of benzene rings is 3. The van der Waals surface area contributed by atoms with Crippen LogP contribution >= 0.6 is 0 Å². The van der Waals surface area contributed by atoms with E-state index < -0.39 is 11.8 Å². The molecule has 0 fully saturated rings. The monoisotopic (exact) mass is 363 g/mol. The molecule has 0 bridgehead atoms. The molecule has 3 amide bonds. The van der Waals surface area contributed by atoms with Crippen molar-refractivity contribution in [1.29, 1.82) is 0 Å². The highest BCUT2D eigenvalue weighted by Gasteiger charge is 2.09. The lowest BCUT2D eigenvalue weighted by molar-refractivity contribution is -0.115. The molecule has 27 heavy (non-hydrogen) atoms. The van der Waals surface area contributed by atoms with E-state index in [1.54, 1.807) is 54.6 Å². The molecule has 0 aromatic heterocycles. The summed E-state index contributed by atoms with van der Waals surface area (Å²) in [5, 5.41) is 8.12. The number of nitrogens with one attached hydrogen (secondary N) is 3. The molecule has 3 aromatic rings. The SMILES string of the molecule is O=C(Cc1ccccc1F)Nc1cccc(NC(=O)Nc2ccccc2)c1. The summed E-state index contributed by atoms with van der Waals surface area (Å²) in [5.41, 5.74) is 2.02. The largest absolute Gasteiger partial charge is 0.326 e. The Balaban J connectivity index is 1.59. The highest BCUT2D eigenvalue weighted by molar-refractivity contribution is 6.00. The molecule has 0 radical (unpaired) electrons. The third-order valence-corrected chi connectivity index (χ3v) is 3.74. The van der Waals surface area contributed by atoms with Crippen LogP contribution in [-0.2, 0) is 11.2 Å². The molecule has 3 N–H and O–H groups in total. The van der Waals surface area contributed by atoms with Crippen LogP contribution in [0.15, 0.2) is 78.9 Å². The van der Waals surface area contributed by atoms with Crippen molar-refractivity contribution >= 4 is 29.0 Å². The summed E-state index contributed by atoms with van der Waals surface area (Å²) in [7, 11) is 0. The van der Waals surface area contributed by atoms with Gasteiger partial charge in [0.2, 0.25) is 5.91 Å². The van der Waals surface area contributed by atoms with Gasteiger partial charge < -0.3 is 16.0 Å². The maximum Gasteiger partial charge on any atom is 0.323 e. The quantitative estimate of drug-likeness (QED) is 0.617. The second-order valence-corrected chi connectivity index (χ2v) is 5.84. The van der Waals surface area contributed by atoms with Crippen molar-refractivity contribution < 1.29 is 14.0 Å². The molecular formula is C21H18FN3O2. The number of anilines is 3. The first-order valence-corrected chi connectivity index (χ1v) is 8.36. The zero-order valence-electron chi connectivity index (χ0n) is 14.4. The Kier molecular flexibility index (Phi) is 5.79. The van der Waals surface area contributed by atoms with Gasteiger partial charge in [-0.2, -0.15) is 0 Å². The number of urea groups is 1. The Morgan fingerprint density at radius 1 is 0.704 bits per heavy atom. The normalized spacial score (nSPS) is 10.1. The number of rotatable bonds is 5. The minimum atomic E-state index is -0.416. The molecule has 0 unspecified atom stereocenters. The molecular weight excluding hydrogens is 345 g/mol. The molecule has 0 aliphatic rings. The van der Waals surface area contributed by atoms with Crippen molar-refractivity contribution in [3.63, 3.8) is 0 Å². The molecule has 0 aliphatic heterocycles. The summed E-state index contributed by atoms with van der Waals surface area (Å²) in [4.78, 5) is 24.2. The van der Waals surface area contributed by atoms with Crippen LogP contribution in [0, 0.1) is 5.82 Å². The molecule has 136 valence electrons. The zero-order chi connectivity index (χ0) is 19.1. The highest BCUT2D eigenvalue weighted by atomic mass is 19.1. The summed E-state index contributed by atoms with van der Waals surface area (Å²) in [6, 6.07) is 21.5.